The van der Waals surface area contributed by atoms with Crippen molar-refractivity contribution in [3.05, 3.63) is 64.0 Å². The highest BCUT2D eigenvalue weighted by molar-refractivity contribution is 5.76. The summed E-state index contributed by atoms with van der Waals surface area (Å²) in [6.45, 7) is 0. The van der Waals surface area contributed by atoms with Crippen LogP contribution in [0.2, 0.25) is 0 Å². The summed E-state index contributed by atoms with van der Waals surface area (Å²) in [4.78, 5) is 22.1. The number of carbonyl (C=O) groups is 1. The average molecular weight is 305 g/mol. The Morgan fingerprint density at radius 3 is 2.68 bits per heavy atom. The Balaban J connectivity index is 2.16. The summed E-state index contributed by atoms with van der Waals surface area (Å²) in [6.07, 6.45) is -0.194. The zero-order valence-electron chi connectivity index (χ0n) is 11.6. The fourth-order valence-electron chi connectivity index (χ4n) is 1.83. The molecule has 0 N–H and O–H groups in total. The molecule has 0 aromatic heterocycles. The normalized spacial score (nSPS) is 10.1. The largest absolute Gasteiger partial charge is 0.496 e. The lowest BCUT2D eigenvalue weighted by atomic mass is 10.1. The summed E-state index contributed by atoms with van der Waals surface area (Å²) in [6, 6.07) is 9.36. The van der Waals surface area contributed by atoms with E-state index in [9.17, 15) is 19.3 Å². The van der Waals surface area contributed by atoms with Crippen LogP contribution in [-0.4, -0.2) is 18.0 Å². The van der Waals surface area contributed by atoms with Crippen LogP contribution in [0.3, 0.4) is 0 Å². The smallest absolute Gasteiger partial charge is 0.315 e. The molecule has 0 radical (unpaired) electrons. The van der Waals surface area contributed by atoms with Crippen molar-refractivity contribution in [1.29, 1.82) is 0 Å². The molecule has 0 unspecified atom stereocenters. The highest BCUT2D eigenvalue weighted by Gasteiger charge is 2.19. The van der Waals surface area contributed by atoms with Crippen molar-refractivity contribution in [2.45, 2.75) is 6.42 Å². The summed E-state index contributed by atoms with van der Waals surface area (Å²) in [7, 11) is 1.37. The number of hydrogen-bond acceptors (Lipinski definition) is 5. The third kappa shape index (κ3) is 3.78. The van der Waals surface area contributed by atoms with E-state index in [2.05, 4.69) is 0 Å². The van der Waals surface area contributed by atoms with Crippen molar-refractivity contribution in [2.24, 2.45) is 0 Å². The highest BCUT2D eigenvalue weighted by atomic mass is 19.1. The summed E-state index contributed by atoms with van der Waals surface area (Å²) in [5.74, 6) is -1.11. The molecule has 0 amide bonds. The summed E-state index contributed by atoms with van der Waals surface area (Å²) < 4.78 is 22.9. The Hall–Kier alpha value is -2.96. The molecule has 22 heavy (non-hydrogen) atoms. The number of methoxy groups -OCH3 is 1. The van der Waals surface area contributed by atoms with Crippen molar-refractivity contribution >= 4 is 11.7 Å². The maximum absolute atomic E-state index is 13.0. The first-order valence-electron chi connectivity index (χ1n) is 6.27. The maximum atomic E-state index is 13.0. The van der Waals surface area contributed by atoms with Crippen LogP contribution in [0.15, 0.2) is 42.5 Å². The number of rotatable bonds is 5. The van der Waals surface area contributed by atoms with Crippen LogP contribution in [0.4, 0.5) is 10.1 Å². The van der Waals surface area contributed by atoms with E-state index in [4.69, 9.17) is 9.47 Å². The van der Waals surface area contributed by atoms with E-state index >= 15 is 0 Å². The molecule has 114 valence electrons. The van der Waals surface area contributed by atoms with Gasteiger partial charge < -0.3 is 9.47 Å². The molecule has 0 spiro atoms. The van der Waals surface area contributed by atoms with Gasteiger partial charge in [-0.1, -0.05) is 12.1 Å². The molecule has 2 rings (SSSR count). The molecule has 0 aliphatic heterocycles. The van der Waals surface area contributed by atoms with Gasteiger partial charge in [-0.15, -0.1) is 0 Å². The van der Waals surface area contributed by atoms with Crippen molar-refractivity contribution in [3.63, 3.8) is 0 Å². The van der Waals surface area contributed by atoms with Crippen molar-refractivity contribution in [1.82, 2.24) is 0 Å². The SMILES string of the molecule is COc1ccc(OC(=O)Cc2cccc(F)c2)c([N+](=O)[O-])c1. The quantitative estimate of drug-likeness (QED) is 0.367. The Bertz CT molecular complexity index is 717. The van der Waals surface area contributed by atoms with E-state index in [1.54, 1.807) is 6.07 Å². The van der Waals surface area contributed by atoms with E-state index in [0.717, 1.165) is 6.07 Å². The van der Waals surface area contributed by atoms with Crippen LogP contribution < -0.4 is 9.47 Å². The first-order chi connectivity index (χ1) is 10.5. The van der Waals surface area contributed by atoms with Crippen LogP contribution >= 0.6 is 0 Å². The predicted molar refractivity (Wildman–Crippen MR) is 75.4 cm³/mol. The number of nitro groups is 1. The van der Waals surface area contributed by atoms with E-state index in [1.165, 1.54) is 37.4 Å². The molecular weight excluding hydrogens is 293 g/mol. The minimum Gasteiger partial charge on any atom is -0.496 e. The molecule has 0 bridgehead atoms. The van der Waals surface area contributed by atoms with Gasteiger partial charge in [0.1, 0.15) is 11.6 Å². The van der Waals surface area contributed by atoms with Crippen molar-refractivity contribution in [3.8, 4) is 11.5 Å². The van der Waals surface area contributed by atoms with Crippen LogP contribution in [0.5, 0.6) is 11.5 Å². The van der Waals surface area contributed by atoms with Gasteiger partial charge in [-0.3, -0.25) is 14.9 Å². The second kappa shape index (κ2) is 6.66. The predicted octanol–water partition coefficient (Wildman–Crippen LogP) is 2.89. The number of nitro benzene ring substituents is 1. The Kier molecular flexibility index (Phi) is 4.67. The number of carbonyl (C=O) groups excluding carboxylic acids is 1. The monoisotopic (exact) mass is 305 g/mol. The minimum atomic E-state index is -0.723. The molecule has 0 heterocycles. The lowest BCUT2D eigenvalue weighted by Crippen LogP contribution is -2.12. The number of ether oxygens (including phenoxy) is 2. The van der Waals surface area contributed by atoms with Crippen LogP contribution in [-0.2, 0) is 11.2 Å². The molecule has 2 aromatic carbocycles. The van der Waals surface area contributed by atoms with Gasteiger partial charge in [-0.2, -0.15) is 0 Å². The van der Waals surface area contributed by atoms with Gasteiger partial charge in [-0.25, -0.2) is 4.39 Å². The Morgan fingerprint density at radius 1 is 1.27 bits per heavy atom. The summed E-state index contributed by atoms with van der Waals surface area (Å²) >= 11 is 0. The van der Waals surface area contributed by atoms with Gasteiger partial charge in [0, 0.05) is 0 Å². The van der Waals surface area contributed by atoms with Gasteiger partial charge in [-0.05, 0) is 29.8 Å². The van der Waals surface area contributed by atoms with Crippen molar-refractivity contribution in [2.75, 3.05) is 7.11 Å². The van der Waals surface area contributed by atoms with Gasteiger partial charge in [0.25, 0.3) is 0 Å². The number of esters is 1. The molecule has 6 nitrogen and oxygen atoms in total. The first-order valence-corrected chi connectivity index (χ1v) is 6.27. The second-order valence-corrected chi connectivity index (χ2v) is 4.37. The number of hydrogen-bond donors (Lipinski definition) is 0. The average Bonchev–Trinajstić information content (AvgIpc) is 2.47. The van der Waals surface area contributed by atoms with E-state index < -0.39 is 16.7 Å². The zero-order chi connectivity index (χ0) is 16.1. The first kappa shape index (κ1) is 15.4. The Labute approximate surface area is 125 Å². The number of halogens is 1. The molecule has 0 aliphatic rings. The van der Waals surface area contributed by atoms with Gasteiger partial charge >= 0.3 is 11.7 Å². The van der Waals surface area contributed by atoms with Crippen LogP contribution in [0, 0.1) is 15.9 Å². The molecule has 0 atom stereocenters. The van der Waals surface area contributed by atoms with Crippen LogP contribution in [0.25, 0.3) is 0 Å². The Morgan fingerprint density at radius 2 is 2.05 bits per heavy atom. The summed E-state index contributed by atoms with van der Waals surface area (Å²) in [5, 5.41) is 11.0. The lowest BCUT2D eigenvalue weighted by molar-refractivity contribution is -0.385. The number of nitrogens with zero attached hydrogens (tertiary/aromatic N) is 1. The van der Waals surface area contributed by atoms with Crippen LogP contribution in [0.1, 0.15) is 5.56 Å². The lowest BCUT2D eigenvalue weighted by Gasteiger charge is -2.07. The summed E-state index contributed by atoms with van der Waals surface area (Å²) in [5.41, 5.74) is 0.0353. The molecule has 0 aliphatic carbocycles. The molecule has 0 fully saturated rings. The zero-order valence-corrected chi connectivity index (χ0v) is 11.6. The fraction of sp³-hybridized carbons (Fsp3) is 0.133. The van der Waals surface area contributed by atoms with Gasteiger partial charge in [0.15, 0.2) is 0 Å². The topological polar surface area (TPSA) is 78.7 Å². The molecule has 7 heteroatoms. The highest BCUT2D eigenvalue weighted by Crippen LogP contribution is 2.31. The third-order valence-electron chi connectivity index (χ3n) is 2.82. The molecule has 0 saturated carbocycles. The third-order valence-corrected chi connectivity index (χ3v) is 2.82. The maximum Gasteiger partial charge on any atom is 0.315 e. The van der Waals surface area contributed by atoms with Crippen molar-refractivity contribution < 1.29 is 23.6 Å². The van der Waals surface area contributed by atoms with E-state index in [0.29, 0.717) is 5.56 Å². The second-order valence-electron chi connectivity index (χ2n) is 4.37. The minimum absolute atomic E-state index is 0.188. The van der Waals surface area contributed by atoms with E-state index in [1.807, 2.05) is 0 Å². The fourth-order valence-corrected chi connectivity index (χ4v) is 1.83. The van der Waals surface area contributed by atoms with Gasteiger partial charge in [0.2, 0.25) is 5.75 Å². The standard InChI is InChI=1S/C15H12FNO5/c1-21-12-5-6-14(13(9-12)17(19)20)22-15(18)8-10-3-2-4-11(16)7-10/h2-7,9H,8H2,1H3. The number of benzene rings is 2. The molecular formula is C15H12FNO5. The molecule has 0 saturated heterocycles. The molecule has 2 aromatic rings. The van der Waals surface area contributed by atoms with Gasteiger partial charge in [0.05, 0.1) is 24.5 Å². The van der Waals surface area contributed by atoms with E-state index in [-0.39, 0.29) is 23.6 Å².